The second-order valence-corrected chi connectivity index (χ2v) is 7.01. The number of benzene rings is 2. The summed E-state index contributed by atoms with van der Waals surface area (Å²) in [6.45, 7) is 1.90. The van der Waals surface area contributed by atoms with Gasteiger partial charge in [-0.1, -0.05) is 30.3 Å². The van der Waals surface area contributed by atoms with E-state index in [1.54, 1.807) is 30.1 Å². The van der Waals surface area contributed by atoms with Gasteiger partial charge in [0.2, 0.25) is 0 Å². The van der Waals surface area contributed by atoms with E-state index in [2.05, 4.69) is 5.32 Å². The predicted octanol–water partition coefficient (Wildman–Crippen LogP) is 1.92. The molecular formula is C21H21N3O3. The summed E-state index contributed by atoms with van der Waals surface area (Å²) in [6.07, 6.45) is 0.912. The van der Waals surface area contributed by atoms with Gasteiger partial charge in [-0.3, -0.25) is 19.3 Å². The van der Waals surface area contributed by atoms with Crippen molar-refractivity contribution >= 4 is 17.7 Å². The van der Waals surface area contributed by atoms with Crippen molar-refractivity contribution in [2.75, 3.05) is 20.1 Å². The Labute approximate surface area is 157 Å². The van der Waals surface area contributed by atoms with Gasteiger partial charge in [0.1, 0.15) is 0 Å². The van der Waals surface area contributed by atoms with Crippen molar-refractivity contribution in [2.24, 2.45) is 0 Å². The number of likely N-dealkylation sites (N-methyl/N-ethyl adjacent to an activating group) is 1. The number of hydrogen-bond acceptors (Lipinski definition) is 4. The summed E-state index contributed by atoms with van der Waals surface area (Å²) >= 11 is 0. The molecule has 0 spiro atoms. The summed E-state index contributed by atoms with van der Waals surface area (Å²) in [5.74, 6) is -0.793. The van der Waals surface area contributed by atoms with Gasteiger partial charge in [-0.25, -0.2) is 0 Å². The Hall–Kier alpha value is -2.99. The zero-order chi connectivity index (χ0) is 19.0. The molecule has 0 saturated carbocycles. The normalized spacial score (nSPS) is 18.7. The summed E-state index contributed by atoms with van der Waals surface area (Å²) in [5.41, 5.74) is 1.99. The van der Waals surface area contributed by atoms with E-state index in [-0.39, 0.29) is 30.3 Å². The molecule has 2 aliphatic heterocycles. The van der Waals surface area contributed by atoms with Crippen molar-refractivity contribution in [1.82, 2.24) is 15.1 Å². The van der Waals surface area contributed by atoms with Gasteiger partial charge in [-0.05, 0) is 36.7 Å². The predicted molar refractivity (Wildman–Crippen MR) is 100 cm³/mol. The summed E-state index contributed by atoms with van der Waals surface area (Å²) in [6, 6.07) is 14.3. The molecule has 2 aliphatic rings. The molecule has 2 heterocycles. The summed E-state index contributed by atoms with van der Waals surface area (Å²) in [7, 11) is 1.78. The van der Waals surface area contributed by atoms with Gasteiger partial charge in [-0.2, -0.15) is 0 Å². The lowest BCUT2D eigenvalue weighted by molar-refractivity contribution is 0.0642. The van der Waals surface area contributed by atoms with E-state index in [0.29, 0.717) is 16.7 Å². The van der Waals surface area contributed by atoms with Crippen LogP contribution in [0.5, 0.6) is 0 Å². The number of rotatable bonds is 4. The van der Waals surface area contributed by atoms with E-state index >= 15 is 0 Å². The van der Waals surface area contributed by atoms with Crippen LogP contribution in [-0.4, -0.2) is 53.7 Å². The molecule has 6 heteroatoms. The van der Waals surface area contributed by atoms with Crippen LogP contribution in [0.2, 0.25) is 0 Å². The fourth-order valence-electron chi connectivity index (χ4n) is 3.67. The Balaban J connectivity index is 1.57. The van der Waals surface area contributed by atoms with Gasteiger partial charge in [0.05, 0.1) is 17.7 Å². The van der Waals surface area contributed by atoms with E-state index in [1.165, 1.54) is 4.90 Å². The van der Waals surface area contributed by atoms with Gasteiger partial charge in [0, 0.05) is 25.2 Å². The van der Waals surface area contributed by atoms with Crippen molar-refractivity contribution in [3.05, 3.63) is 70.8 Å². The minimum atomic E-state index is -0.348. The Kier molecular flexibility index (Phi) is 4.49. The first kappa shape index (κ1) is 17.4. The van der Waals surface area contributed by atoms with Crippen molar-refractivity contribution in [1.29, 1.82) is 0 Å². The lowest BCUT2D eigenvalue weighted by Gasteiger charge is -2.23. The zero-order valence-electron chi connectivity index (χ0n) is 15.1. The standard InChI is InChI=1S/C21H21N3O3/c1-23(16-9-10-22-12-16)19(25)15-7-8-17-18(11-15)21(27)24(20(17)26)13-14-5-3-2-4-6-14/h2-8,11,16,22H,9-10,12-13H2,1H3. The fraction of sp³-hybridized carbons (Fsp3) is 0.286. The number of carbonyl (C=O) groups excluding carboxylic acids is 3. The van der Waals surface area contributed by atoms with Gasteiger partial charge < -0.3 is 10.2 Å². The Morgan fingerprint density at radius 3 is 2.56 bits per heavy atom. The number of amides is 3. The maximum absolute atomic E-state index is 12.8. The topological polar surface area (TPSA) is 69.7 Å². The van der Waals surface area contributed by atoms with Crippen LogP contribution < -0.4 is 5.32 Å². The molecule has 0 aliphatic carbocycles. The van der Waals surface area contributed by atoms with Crippen LogP contribution in [0.1, 0.15) is 43.1 Å². The molecule has 1 fully saturated rings. The van der Waals surface area contributed by atoms with E-state index in [4.69, 9.17) is 0 Å². The molecule has 6 nitrogen and oxygen atoms in total. The molecule has 0 aromatic heterocycles. The molecule has 0 bridgehead atoms. The molecule has 1 unspecified atom stereocenters. The number of fused-ring (bicyclic) bond motifs is 1. The monoisotopic (exact) mass is 363 g/mol. The average Bonchev–Trinajstić information content (AvgIpc) is 3.31. The third-order valence-corrected chi connectivity index (χ3v) is 5.30. The summed E-state index contributed by atoms with van der Waals surface area (Å²) < 4.78 is 0. The third-order valence-electron chi connectivity index (χ3n) is 5.30. The van der Waals surface area contributed by atoms with Crippen LogP contribution in [0, 0.1) is 0 Å². The fourth-order valence-corrected chi connectivity index (χ4v) is 3.67. The summed E-state index contributed by atoms with van der Waals surface area (Å²) in [4.78, 5) is 41.1. The minimum Gasteiger partial charge on any atom is -0.337 e. The van der Waals surface area contributed by atoms with Gasteiger partial charge in [0.15, 0.2) is 0 Å². The molecule has 0 radical (unpaired) electrons. The molecular weight excluding hydrogens is 342 g/mol. The van der Waals surface area contributed by atoms with E-state index in [9.17, 15) is 14.4 Å². The molecule has 2 aromatic carbocycles. The average molecular weight is 363 g/mol. The molecule has 1 saturated heterocycles. The van der Waals surface area contributed by atoms with Crippen LogP contribution in [0.3, 0.4) is 0 Å². The van der Waals surface area contributed by atoms with Crippen LogP contribution in [0.15, 0.2) is 48.5 Å². The number of nitrogens with one attached hydrogen (secondary N) is 1. The second kappa shape index (κ2) is 6.96. The van der Waals surface area contributed by atoms with E-state index in [0.717, 1.165) is 25.1 Å². The van der Waals surface area contributed by atoms with Crippen molar-refractivity contribution in [3.63, 3.8) is 0 Å². The SMILES string of the molecule is CN(C(=O)c1ccc2c(c1)C(=O)N(Cc1ccccc1)C2=O)C1CCNC1. The molecule has 2 aromatic rings. The molecule has 3 amide bonds. The van der Waals surface area contributed by atoms with Gasteiger partial charge >= 0.3 is 0 Å². The van der Waals surface area contributed by atoms with E-state index in [1.807, 2.05) is 30.3 Å². The number of hydrogen-bond donors (Lipinski definition) is 1. The Morgan fingerprint density at radius 1 is 1.11 bits per heavy atom. The first-order valence-corrected chi connectivity index (χ1v) is 9.08. The summed E-state index contributed by atoms with van der Waals surface area (Å²) in [5, 5.41) is 3.24. The zero-order valence-corrected chi connectivity index (χ0v) is 15.1. The molecule has 4 rings (SSSR count). The lowest BCUT2D eigenvalue weighted by Crippen LogP contribution is -2.38. The van der Waals surface area contributed by atoms with Crippen molar-refractivity contribution in [3.8, 4) is 0 Å². The first-order chi connectivity index (χ1) is 13.1. The maximum atomic E-state index is 12.8. The number of carbonyl (C=O) groups is 3. The molecule has 138 valence electrons. The van der Waals surface area contributed by atoms with Crippen molar-refractivity contribution < 1.29 is 14.4 Å². The van der Waals surface area contributed by atoms with Crippen LogP contribution >= 0.6 is 0 Å². The van der Waals surface area contributed by atoms with Crippen molar-refractivity contribution in [2.45, 2.75) is 19.0 Å². The highest BCUT2D eigenvalue weighted by Crippen LogP contribution is 2.26. The molecule has 1 N–H and O–H groups in total. The van der Waals surface area contributed by atoms with E-state index < -0.39 is 0 Å². The first-order valence-electron chi connectivity index (χ1n) is 9.08. The molecule has 1 atom stereocenters. The maximum Gasteiger partial charge on any atom is 0.261 e. The van der Waals surface area contributed by atoms with Gasteiger partial charge in [-0.15, -0.1) is 0 Å². The highest BCUT2D eigenvalue weighted by Gasteiger charge is 2.36. The Bertz CT molecular complexity index is 904. The molecule has 27 heavy (non-hydrogen) atoms. The second-order valence-electron chi connectivity index (χ2n) is 7.01. The highest BCUT2D eigenvalue weighted by molar-refractivity contribution is 6.22. The number of imide groups is 1. The number of nitrogens with zero attached hydrogens (tertiary/aromatic N) is 2. The highest BCUT2D eigenvalue weighted by atomic mass is 16.2. The van der Waals surface area contributed by atoms with Crippen LogP contribution in [-0.2, 0) is 6.54 Å². The lowest BCUT2D eigenvalue weighted by atomic mass is 10.0. The largest absolute Gasteiger partial charge is 0.337 e. The quantitative estimate of drug-likeness (QED) is 0.843. The van der Waals surface area contributed by atoms with Gasteiger partial charge in [0.25, 0.3) is 17.7 Å². The minimum absolute atomic E-state index is 0.131. The Morgan fingerprint density at radius 2 is 1.85 bits per heavy atom. The van der Waals surface area contributed by atoms with Crippen LogP contribution in [0.25, 0.3) is 0 Å². The third kappa shape index (κ3) is 3.13. The smallest absolute Gasteiger partial charge is 0.261 e. The van der Waals surface area contributed by atoms with Crippen LogP contribution in [0.4, 0.5) is 0 Å².